The van der Waals surface area contributed by atoms with E-state index in [1.165, 1.54) is 18.2 Å². The highest BCUT2D eigenvalue weighted by Gasteiger charge is 2.27. The van der Waals surface area contributed by atoms with E-state index in [0.29, 0.717) is 6.07 Å². The molecule has 0 aliphatic carbocycles. The van der Waals surface area contributed by atoms with E-state index in [4.69, 9.17) is 0 Å². The molecule has 4 rings (SSSR count). The summed E-state index contributed by atoms with van der Waals surface area (Å²) in [7, 11) is -4.16. The van der Waals surface area contributed by atoms with E-state index in [2.05, 4.69) is 15.0 Å². The van der Waals surface area contributed by atoms with Crippen LogP contribution >= 0.6 is 0 Å². The van der Waals surface area contributed by atoms with Crippen LogP contribution in [0.3, 0.4) is 0 Å². The summed E-state index contributed by atoms with van der Waals surface area (Å²) in [4.78, 5) is -0.188. The molecule has 0 spiro atoms. The van der Waals surface area contributed by atoms with Crippen LogP contribution in [0.15, 0.2) is 63.9 Å². The van der Waals surface area contributed by atoms with Gasteiger partial charge in [0.05, 0.1) is 5.69 Å². The van der Waals surface area contributed by atoms with Crippen molar-refractivity contribution in [1.29, 1.82) is 0 Å². The minimum Gasteiger partial charge on any atom is -0.351 e. The Balaban J connectivity index is 1.71. The third-order valence-electron chi connectivity index (χ3n) is 4.39. The Hall–Kier alpha value is -3.40. The van der Waals surface area contributed by atoms with Gasteiger partial charge in [0.15, 0.2) is 0 Å². The second-order valence-corrected chi connectivity index (χ2v) is 8.04. The van der Waals surface area contributed by atoms with Crippen LogP contribution in [0.1, 0.15) is 5.56 Å². The molecule has 1 aliphatic heterocycles. The third-order valence-corrected chi connectivity index (χ3v) is 5.71. The van der Waals surface area contributed by atoms with Gasteiger partial charge in [-0.05, 0) is 42.0 Å². The quantitative estimate of drug-likeness (QED) is 0.606. The van der Waals surface area contributed by atoms with Gasteiger partial charge in [0.2, 0.25) is 5.96 Å². The summed E-state index contributed by atoms with van der Waals surface area (Å²) in [5.41, 5.74) is 0.355. The number of rotatable bonds is 3. The minimum absolute atomic E-state index is 0.0387. The molecule has 0 saturated heterocycles. The predicted molar refractivity (Wildman–Crippen MR) is 103 cm³/mol. The molecular formula is C20H13F4N3O2S. The fourth-order valence-electron chi connectivity index (χ4n) is 3.07. The minimum atomic E-state index is -4.16. The van der Waals surface area contributed by atoms with Crippen molar-refractivity contribution in [3.05, 3.63) is 83.4 Å². The van der Waals surface area contributed by atoms with Crippen LogP contribution in [0.5, 0.6) is 0 Å². The molecule has 3 aromatic carbocycles. The SMILES string of the molecule is O=S1(=O)N=C(NCc2cc(F)ccc2F)Nc2c(-c3cc(F)cc(F)c3)cccc21. The lowest BCUT2D eigenvalue weighted by Gasteiger charge is -2.22. The Morgan fingerprint density at radius 2 is 1.63 bits per heavy atom. The van der Waals surface area contributed by atoms with Gasteiger partial charge in [0.25, 0.3) is 10.0 Å². The number of anilines is 1. The van der Waals surface area contributed by atoms with Gasteiger partial charge in [0.1, 0.15) is 28.2 Å². The molecule has 0 atom stereocenters. The number of hydrogen-bond acceptors (Lipinski definition) is 4. The van der Waals surface area contributed by atoms with E-state index in [9.17, 15) is 26.0 Å². The molecule has 2 N–H and O–H groups in total. The van der Waals surface area contributed by atoms with E-state index < -0.39 is 33.3 Å². The lowest BCUT2D eigenvalue weighted by molar-refractivity contribution is 0.581. The average Bonchev–Trinajstić information content (AvgIpc) is 2.67. The number of nitrogens with zero attached hydrogens (tertiary/aromatic N) is 1. The third kappa shape index (κ3) is 3.86. The van der Waals surface area contributed by atoms with Gasteiger partial charge in [-0.3, -0.25) is 0 Å². The van der Waals surface area contributed by atoms with Crippen LogP contribution in [0.2, 0.25) is 0 Å². The van der Waals surface area contributed by atoms with E-state index >= 15 is 0 Å². The molecule has 10 heteroatoms. The maximum absolute atomic E-state index is 13.8. The van der Waals surface area contributed by atoms with Crippen LogP contribution in [-0.2, 0) is 16.6 Å². The molecule has 5 nitrogen and oxygen atoms in total. The van der Waals surface area contributed by atoms with Crippen LogP contribution in [0, 0.1) is 23.3 Å². The number of hydrogen-bond donors (Lipinski definition) is 2. The van der Waals surface area contributed by atoms with Crippen LogP contribution in [-0.4, -0.2) is 14.4 Å². The van der Waals surface area contributed by atoms with Crippen molar-refractivity contribution in [3.63, 3.8) is 0 Å². The molecule has 0 saturated carbocycles. The topological polar surface area (TPSA) is 70.6 Å². The van der Waals surface area contributed by atoms with Crippen LogP contribution < -0.4 is 10.6 Å². The molecule has 30 heavy (non-hydrogen) atoms. The molecule has 0 amide bonds. The zero-order valence-electron chi connectivity index (χ0n) is 15.1. The van der Waals surface area contributed by atoms with Gasteiger partial charge in [-0.15, -0.1) is 4.40 Å². The second-order valence-electron chi connectivity index (χ2n) is 6.47. The normalized spacial score (nSPS) is 14.5. The molecule has 0 aromatic heterocycles. The molecule has 3 aromatic rings. The summed E-state index contributed by atoms with van der Waals surface area (Å²) < 4.78 is 83.3. The van der Waals surface area contributed by atoms with Gasteiger partial charge in [-0.25, -0.2) is 17.6 Å². The van der Waals surface area contributed by atoms with Gasteiger partial charge < -0.3 is 10.6 Å². The van der Waals surface area contributed by atoms with Crippen molar-refractivity contribution in [2.24, 2.45) is 4.40 Å². The molecule has 1 heterocycles. The number of halogens is 4. The molecule has 154 valence electrons. The Kier molecular flexibility index (Phi) is 4.94. The zero-order chi connectivity index (χ0) is 21.5. The summed E-state index contributed by atoms with van der Waals surface area (Å²) in [6.45, 7) is -0.253. The van der Waals surface area contributed by atoms with E-state index in [1.807, 2.05) is 0 Å². The Morgan fingerprint density at radius 3 is 2.37 bits per heavy atom. The fourth-order valence-corrected chi connectivity index (χ4v) is 4.19. The lowest BCUT2D eigenvalue weighted by atomic mass is 10.0. The first-order valence-electron chi connectivity index (χ1n) is 8.62. The average molecular weight is 435 g/mol. The Morgan fingerprint density at radius 1 is 0.900 bits per heavy atom. The van der Waals surface area contributed by atoms with Crippen LogP contribution in [0.4, 0.5) is 23.2 Å². The zero-order valence-corrected chi connectivity index (χ0v) is 15.9. The van der Waals surface area contributed by atoms with E-state index in [-0.39, 0.29) is 39.8 Å². The highest BCUT2D eigenvalue weighted by atomic mass is 32.2. The number of para-hydroxylation sites is 1. The fraction of sp³-hybridized carbons (Fsp3) is 0.0500. The van der Waals surface area contributed by atoms with Crippen molar-refractivity contribution in [2.75, 3.05) is 5.32 Å². The van der Waals surface area contributed by atoms with Crippen molar-refractivity contribution < 1.29 is 26.0 Å². The molecule has 0 bridgehead atoms. The lowest BCUT2D eigenvalue weighted by Crippen LogP contribution is -2.34. The molecule has 0 radical (unpaired) electrons. The summed E-state index contributed by atoms with van der Waals surface area (Å²) >= 11 is 0. The smallest absolute Gasteiger partial charge is 0.287 e. The molecule has 0 unspecified atom stereocenters. The maximum atomic E-state index is 13.8. The van der Waals surface area contributed by atoms with Gasteiger partial charge >= 0.3 is 0 Å². The first kappa shape index (κ1) is 19.9. The van der Waals surface area contributed by atoms with Gasteiger partial charge in [-0.1, -0.05) is 12.1 Å². The first-order valence-corrected chi connectivity index (χ1v) is 10.1. The number of guanidine groups is 1. The second kappa shape index (κ2) is 7.45. The number of nitrogens with one attached hydrogen (secondary N) is 2. The van der Waals surface area contributed by atoms with Crippen molar-refractivity contribution in [1.82, 2.24) is 5.32 Å². The summed E-state index contributed by atoms with van der Waals surface area (Å²) in [5, 5.41) is 5.37. The highest BCUT2D eigenvalue weighted by molar-refractivity contribution is 7.90. The summed E-state index contributed by atoms with van der Waals surface area (Å²) in [6.07, 6.45) is 0. The number of sulfonamides is 1. The summed E-state index contributed by atoms with van der Waals surface area (Å²) in [5.74, 6) is -3.22. The van der Waals surface area contributed by atoms with Crippen molar-refractivity contribution >= 4 is 21.7 Å². The summed E-state index contributed by atoms with van der Waals surface area (Å²) in [6, 6.07) is 9.91. The van der Waals surface area contributed by atoms with Gasteiger partial charge in [-0.2, -0.15) is 8.42 Å². The van der Waals surface area contributed by atoms with Crippen molar-refractivity contribution in [2.45, 2.75) is 11.4 Å². The maximum Gasteiger partial charge on any atom is 0.287 e. The highest BCUT2D eigenvalue weighted by Crippen LogP contribution is 2.37. The van der Waals surface area contributed by atoms with E-state index in [1.54, 1.807) is 0 Å². The largest absolute Gasteiger partial charge is 0.351 e. The van der Waals surface area contributed by atoms with Gasteiger partial charge in [0, 0.05) is 23.7 Å². The predicted octanol–water partition coefficient (Wildman–Crippen LogP) is 4.17. The molecule has 0 fully saturated rings. The first-order chi connectivity index (χ1) is 14.2. The Bertz CT molecular complexity index is 1270. The van der Waals surface area contributed by atoms with E-state index in [0.717, 1.165) is 30.3 Å². The number of benzene rings is 3. The van der Waals surface area contributed by atoms with Crippen LogP contribution in [0.25, 0.3) is 11.1 Å². The number of fused-ring (bicyclic) bond motifs is 1. The Labute approximate surface area is 169 Å². The monoisotopic (exact) mass is 435 g/mol. The molecule has 1 aliphatic rings. The molecular weight excluding hydrogens is 422 g/mol. The standard InChI is InChI=1S/C20H13F4N3O2S/c21-13-4-5-17(24)12(8-13)10-25-20-26-19-16(11-6-14(22)9-15(23)7-11)2-1-3-18(19)30(28,29)27-20/h1-9H,10H2,(H2,25,26,27). The van der Waals surface area contributed by atoms with Crippen molar-refractivity contribution in [3.8, 4) is 11.1 Å².